The van der Waals surface area contributed by atoms with E-state index in [9.17, 15) is 9.59 Å². The topological polar surface area (TPSA) is 66.8 Å². The Bertz CT molecular complexity index is 349. The van der Waals surface area contributed by atoms with Gasteiger partial charge in [-0.25, -0.2) is 0 Å². The number of nitrogens with zero attached hydrogens (tertiary/aromatic N) is 1. The van der Waals surface area contributed by atoms with Crippen LogP contribution in [0.5, 0.6) is 0 Å². The molecule has 2 rings (SSSR count). The van der Waals surface area contributed by atoms with Crippen molar-refractivity contribution in [3.8, 4) is 0 Å². The largest absolute Gasteiger partial charge is 0.481 e. The number of morpholine rings is 1. The Morgan fingerprint density at radius 3 is 2.63 bits per heavy atom. The van der Waals surface area contributed by atoms with Crippen LogP contribution in [0.25, 0.3) is 0 Å². The summed E-state index contributed by atoms with van der Waals surface area (Å²) in [5.74, 6) is -0.686. The van der Waals surface area contributed by atoms with Gasteiger partial charge < -0.3 is 14.7 Å². The van der Waals surface area contributed by atoms with E-state index in [1.165, 1.54) is 6.42 Å². The summed E-state index contributed by atoms with van der Waals surface area (Å²) in [5, 5.41) is 8.81. The molecule has 0 aromatic rings. The van der Waals surface area contributed by atoms with Gasteiger partial charge in [0.25, 0.3) is 0 Å². The highest BCUT2D eigenvalue weighted by molar-refractivity contribution is 5.82. The van der Waals surface area contributed by atoms with Gasteiger partial charge in [-0.05, 0) is 12.8 Å². The van der Waals surface area contributed by atoms with Gasteiger partial charge in [0.15, 0.2) is 0 Å². The number of rotatable bonds is 3. The van der Waals surface area contributed by atoms with Crippen LogP contribution in [0, 0.1) is 5.41 Å². The summed E-state index contributed by atoms with van der Waals surface area (Å²) < 4.78 is 5.41. The molecule has 1 unspecified atom stereocenters. The number of carboxylic acids is 1. The van der Waals surface area contributed by atoms with Crippen molar-refractivity contribution in [1.82, 2.24) is 4.90 Å². The van der Waals surface area contributed by atoms with Crippen LogP contribution in [-0.4, -0.2) is 47.7 Å². The summed E-state index contributed by atoms with van der Waals surface area (Å²) in [7, 11) is 0. The molecule has 5 heteroatoms. The number of carboxylic acid groups (broad SMARTS) is 1. The second-order valence-corrected chi connectivity index (χ2v) is 5.96. The van der Waals surface area contributed by atoms with Crippen molar-refractivity contribution in [1.29, 1.82) is 0 Å². The van der Waals surface area contributed by atoms with E-state index in [-0.39, 0.29) is 23.8 Å². The fourth-order valence-corrected chi connectivity index (χ4v) is 3.15. The highest BCUT2D eigenvalue weighted by Crippen LogP contribution is 2.37. The van der Waals surface area contributed by atoms with Gasteiger partial charge in [-0.15, -0.1) is 0 Å². The van der Waals surface area contributed by atoms with Crippen LogP contribution < -0.4 is 0 Å². The van der Waals surface area contributed by atoms with Gasteiger partial charge in [-0.2, -0.15) is 0 Å². The molecule has 108 valence electrons. The molecule has 0 aromatic heterocycles. The van der Waals surface area contributed by atoms with Crippen molar-refractivity contribution < 1.29 is 19.4 Å². The van der Waals surface area contributed by atoms with Gasteiger partial charge in [0.1, 0.15) is 0 Å². The molecule has 2 aliphatic rings. The number of carbonyl (C=O) groups excluding carboxylic acids is 1. The van der Waals surface area contributed by atoms with E-state index in [4.69, 9.17) is 9.84 Å². The maximum absolute atomic E-state index is 12.6. The highest BCUT2D eigenvalue weighted by Gasteiger charge is 2.39. The van der Waals surface area contributed by atoms with Gasteiger partial charge in [-0.1, -0.05) is 26.2 Å². The zero-order valence-corrected chi connectivity index (χ0v) is 11.6. The van der Waals surface area contributed by atoms with Crippen molar-refractivity contribution in [2.24, 2.45) is 5.41 Å². The predicted octanol–water partition coefficient (Wildman–Crippen LogP) is 1.66. The van der Waals surface area contributed by atoms with E-state index in [1.807, 2.05) is 4.90 Å². The third kappa shape index (κ3) is 3.47. The van der Waals surface area contributed by atoms with Crippen LogP contribution in [0.15, 0.2) is 0 Å². The van der Waals surface area contributed by atoms with Crippen molar-refractivity contribution in [2.75, 3.05) is 19.7 Å². The summed E-state index contributed by atoms with van der Waals surface area (Å²) in [6.07, 6.45) is 4.96. The number of hydrogen-bond acceptors (Lipinski definition) is 3. The molecule has 1 atom stereocenters. The third-order valence-corrected chi connectivity index (χ3v) is 4.30. The first-order chi connectivity index (χ1) is 9.01. The standard InChI is InChI=1S/C14H23NO4/c1-14(5-3-2-4-6-14)13(18)15-7-8-19-11(10-15)9-12(16)17/h11H,2-10H2,1H3,(H,16,17). The van der Waals surface area contributed by atoms with Crippen molar-refractivity contribution in [3.63, 3.8) is 0 Å². The molecule has 1 N–H and O–H groups in total. The Hall–Kier alpha value is -1.10. The van der Waals surface area contributed by atoms with E-state index >= 15 is 0 Å². The molecule has 1 saturated carbocycles. The molecular formula is C14H23NO4. The minimum absolute atomic E-state index is 0.0273. The lowest BCUT2D eigenvalue weighted by Gasteiger charge is -2.40. The van der Waals surface area contributed by atoms with Gasteiger partial charge >= 0.3 is 5.97 Å². The minimum atomic E-state index is -0.872. The average molecular weight is 269 g/mol. The Morgan fingerprint density at radius 2 is 2.00 bits per heavy atom. The second-order valence-electron chi connectivity index (χ2n) is 5.96. The lowest BCUT2D eigenvalue weighted by atomic mass is 9.74. The lowest BCUT2D eigenvalue weighted by molar-refractivity contribution is -0.154. The van der Waals surface area contributed by atoms with Crippen molar-refractivity contribution in [2.45, 2.75) is 51.6 Å². The molecule has 2 fully saturated rings. The van der Waals surface area contributed by atoms with Crippen LogP contribution in [0.4, 0.5) is 0 Å². The predicted molar refractivity (Wildman–Crippen MR) is 69.8 cm³/mol. The van der Waals surface area contributed by atoms with E-state index in [0.29, 0.717) is 19.7 Å². The smallest absolute Gasteiger partial charge is 0.306 e. The van der Waals surface area contributed by atoms with Crippen LogP contribution in [0.2, 0.25) is 0 Å². The van der Waals surface area contributed by atoms with Crippen molar-refractivity contribution in [3.05, 3.63) is 0 Å². The maximum Gasteiger partial charge on any atom is 0.306 e. The van der Waals surface area contributed by atoms with Crippen LogP contribution in [0.3, 0.4) is 0 Å². The van der Waals surface area contributed by atoms with E-state index in [0.717, 1.165) is 25.7 Å². The summed E-state index contributed by atoms with van der Waals surface area (Å²) in [4.78, 5) is 25.2. The summed E-state index contributed by atoms with van der Waals surface area (Å²) in [6, 6.07) is 0. The molecule has 0 bridgehead atoms. The quantitative estimate of drug-likeness (QED) is 0.846. The van der Waals surface area contributed by atoms with Gasteiger partial charge in [-0.3, -0.25) is 9.59 Å². The first-order valence-electron chi connectivity index (χ1n) is 7.14. The first-order valence-corrected chi connectivity index (χ1v) is 7.14. The fourth-order valence-electron chi connectivity index (χ4n) is 3.15. The van der Waals surface area contributed by atoms with Gasteiger partial charge in [0.2, 0.25) is 5.91 Å². The van der Waals surface area contributed by atoms with Crippen LogP contribution >= 0.6 is 0 Å². The van der Waals surface area contributed by atoms with Crippen LogP contribution in [-0.2, 0) is 14.3 Å². The molecule has 1 saturated heterocycles. The van der Waals surface area contributed by atoms with Gasteiger partial charge in [0, 0.05) is 18.5 Å². The average Bonchev–Trinajstić information content (AvgIpc) is 2.38. The number of amides is 1. The maximum atomic E-state index is 12.6. The molecule has 0 radical (unpaired) electrons. The molecular weight excluding hydrogens is 246 g/mol. The molecule has 1 amide bonds. The zero-order valence-electron chi connectivity index (χ0n) is 11.6. The molecule has 5 nitrogen and oxygen atoms in total. The summed E-state index contributed by atoms with van der Waals surface area (Å²) >= 11 is 0. The molecule has 1 aliphatic carbocycles. The van der Waals surface area contributed by atoms with Crippen LogP contribution in [0.1, 0.15) is 45.4 Å². The number of carbonyl (C=O) groups is 2. The highest BCUT2D eigenvalue weighted by atomic mass is 16.5. The zero-order chi connectivity index (χ0) is 13.9. The Balaban J connectivity index is 1.96. The first kappa shape index (κ1) is 14.3. The fraction of sp³-hybridized carbons (Fsp3) is 0.857. The Kier molecular flexibility index (Phi) is 4.45. The van der Waals surface area contributed by atoms with Gasteiger partial charge in [0.05, 0.1) is 19.1 Å². The summed E-state index contributed by atoms with van der Waals surface area (Å²) in [5.41, 5.74) is -0.247. The molecule has 1 heterocycles. The van der Waals surface area contributed by atoms with E-state index in [1.54, 1.807) is 0 Å². The monoisotopic (exact) mass is 269 g/mol. The van der Waals surface area contributed by atoms with E-state index in [2.05, 4.69) is 6.92 Å². The molecule has 0 spiro atoms. The molecule has 19 heavy (non-hydrogen) atoms. The molecule has 0 aromatic carbocycles. The summed E-state index contributed by atoms with van der Waals surface area (Å²) in [6.45, 7) is 3.50. The Morgan fingerprint density at radius 1 is 1.32 bits per heavy atom. The van der Waals surface area contributed by atoms with Crippen molar-refractivity contribution >= 4 is 11.9 Å². The minimum Gasteiger partial charge on any atom is -0.481 e. The third-order valence-electron chi connectivity index (χ3n) is 4.30. The molecule has 1 aliphatic heterocycles. The lowest BCUT2D eigenvalue weighted by Crippen LogP contribution is -2.51. The van der Waals surface area contributed by atoms with E-state index < -0.39 is 5.97 Å². The number of hydrogen-bond donors (Lipinski definition) is 1. The normalized spacial score (nSPS) is 27.0. The second kappa shape index (κ2) is 5.90. The Labute approximate surface area is 113 Å². The number of aliphatic carboxylic acids is 1. The SMILES string of the molecule is CC1(C(=O)N2CCOC(CC(=O)O)C2)CCCCC1. The number of ether oxygens (including phenoxy) is 1.